The molecule has 160 valence electrons. The van der Waals surface area contributed by atoms with E-state index in [-0.39, 0.29) is 6.61 Å². The van der Waals surface area contributed by atoms with Gasteiger partial charge in [0.15, 0.2) is 0 Å². The monoisotopic (exact) mass is 435 g/mol. The van der Waals surface area contributed by atoms with Crippen molar-refractivity contribution in [2.24, 2.45) is 0 Å². The minimum atomic E-state index is -5.06. The van der Waals surface area contributed by atoms with Gasteiger partial charge in [-0.2, -0.15) is 0 Å². The van der Waals surface area contributed by atoms with Gasteiger partial charge in [0.2, 0.25) is 0 Å². The van der Waals surface area contributed by atoms with E-state index in [1.807, 2.05) is 0 Å². The lowest BCUT2D eigenvalue weighted by Gasteiger charge is -2.34. The van der Waals surface area contributed by atoms with Crippen molar-refractivity contribution < 1.29 is 62.2 Å². The molecule has 5 unspecified atom stereocenters. The molecule has 3 aliphatic rings. The maximum absolute atomic E-state index is 10.9. The molecule has 3 aliphatic heterocycles. The van der Waals surface area contributed by atoms with E-state index in [1.54, 1.807) is 6.92 Å². The quantitative estimate of drug-likeness (QED) is 0.366. The molecule has 0 aromatic rings. The van der Waals surface area contributed by atoms with Gasteiger partial charge in [-0.3, -0.25) is 4.57 Å². The van der Waals surface area contributed by atoms with Gasteiger partial charge in [0.1, 0.15) is 36.6 Å². The highest BCUT2D eigenvalue weighted by Crippen LogP contribution is 2.47. The number of rotatable bonds is 3. The fraction of sp³-hybridized carbons (Fsp3) is 1.00. The summed E-state index contributed by atoms with van der Waals surface area (Å²) < 4.78 is 44.1. The minimum Gasteiger partial charge on any atom is -0.790 e. The second-order valence-corrected chi connectivity index (χ2v) is 8.80. The molecule has 0 saturated carbocycles. The summed E-state index contributed by atoms with van der Waals surface area (Å²) in [5, 5.41) is 27.9. The highest BCUT2D eigenvalue weighted by Gasteiger charge is 2.47. The van der Waals surface area contributed by atoms with Gasteiger partial charge in [-0.25, -0.2) is 0 Å². The Hall–Kier alpha value is 0.0200. The summed E-state index contributed by atoms with van der Waals surface area (Å²) in [5.74, 6) is 0. The first-order valence-corrected chi connectivity index (χ1v) is 10.9. The molecule has 0 radical (unpaired) electrons. The van der Waals surface area contributed by atoms with Crippen LogP contribution in [-0.4, -0.2) is 77.4 Å². The van der Waals surface area contributed by atoms with Gasteiger partial charge in [0, 0.05) is 0 Å². The number of hydrogen-bond acceptors (Lipinski definition) is 13. The molecular weight excluding hydrogens is 414 g/mol. The summed E-state index contributed by atoms with van der Waals surface area (Å²) in [5.41, 5.74) is 0. The minimum absolute atomic E-state index is 0.0765. The van der Waals surface area contributed by atoms with Crippen LogP contribution in [0.3, 0.4) is 0 Å². The number of phosphoric acid groups is 2. The number of aliphatic hydroxyl groups excluding tert-OH is 3. The third-order valence-electron chi connectivity index (χ3n) is 4.22. The van der Waals surface area contributed by atoms with E-state index in [2.05, 4.69) is 13.6 Å². The van der Waals surface area contributed by atoms with Gasteiger partial charge in [0.25, 0.3) is 7.82 Å². The van der Waals surface area contributed by atoms with Crippen molar-refractivity contribution in [3.63, 3.8) is 0 Å². The normalized spacial score (nSPS) is 47.3. The second kappa shape index (κ2) is 8.80. The van der Waals surface area contributed by atoms with Crippen LogP contribution in [0, 0.1) is 0 Å². The molecule has 3 N–H and O–H groups in total. The van der Waals surface area contributed by atoms with Crippen LogP contribution in [0.5, 0.6) is 0 Å². The number of ether oxygens (including phenoxy) is 2. The highest BCUT2D eigenvalue weighted by molar-refractivity contribution is 7.46. The third kappa shape index (κ3) is 6.25. The molecule has 3 rings (SSSR count). The molecule has 15 heteroatoms. The van der Waals surface area contributed by atoms with Gasteiger partial charge in [0.05, 0.1) is 33.2 Å². The second-order valence-electron chi connectivity index (χ2n) is 6.29. The van der Waals surface area contributed by atoms with Crippen molar-refractivity contribution in [3.05, 3.63) is 0 Å². The van der Waals surface area contributed by atoms with Gasteiger partial charge in [-0.1, -0.05) is 0 Å². The Morgan fingerprint density at radius 2 is 1.70 bits per heavy atom. The zero-order chi connectivity index (χ0) is 20.6. The first-order valence-electron chi connectivity index (χ1n) is 7.96. The summed E-state index contributed by atoms with van der Waals surface area (Å²) in [6.45, 7) is 2.52. The summed E-state index contributed by atoms with van der Waals surface area (Å²) in [7, 11) is -9.27. The maximum atomic E-state index is 10.9. The molecule has 0 aromatic heterocycles. The Bertz CT molecular complexity index is 596. The Morgan fingerprint density at radius 3 is 2.22 bits per heavy atom. The van der Waals surface area contributed by atoms with E-state index >= 15 is 0 Å². The van der Waals surface area contributed by atoms with Crippen molar-refractivity contribution >= 4 is 15.6 Å². The topological polar surface area (TPSA) is 210 Å². The van der Waals surface area contributed by atoms with Gasteiger partial charge < -0.3 is 57.6 Å². The lowest BCUT2D eigenvalue weighted by Crippen LogP contribution is -2.41. The zero-order valence-electron chi connectivity index (χ0n) is 14.4. The van der Waals surface area contributed by atoms with E-state index < -0.39 is 71.1 Å². The fourth-order valence-electron chi connectivity index (χ4n) is 2.77. The molecule has 9 atom stereocenters. The lowest BCUT2D eigenvalue weighted by atomic mass is 10.1. The molecule has 3 heterocycles. The molecule has 3 saturated heterocycles. The number of phosphoric ester groups is 2. The number of fused-ring (bicyclic) bond motifs is 1. The summed E-state index contributed by atoms with van der Waals surface area (Å²) >= 11 is 0. The Labute approximate surface area is 154 Å². The van der Waals surface area contributed by atoms with E-state index in [0.29, 0.717) is 0 Å². The van der Waals surface area contributed by atoms with Crippen LogP contribution in [0.4, 0.5) is 0 Å². The van der Waals surface area contributed by atoms with E-state index in [4.69, 9.17) is 9.47 Å². The number of aliphatic hydroxyl groups is 3. The number of hydrogen-bond donors (Lipinski definition) is 3. The molecule has 13 nitrogen and oxygen atoms in total. The van der Waals surface area contributed by atoms with Crippen LogP contribution in [0.1, 0.15) is 13.8 Å². The summed E-state index contributed by atoms with van der Waals surface area (Å²) in [6, 6.07) is 0. The molecule has 0 bridgehead atoms. The standard InChI is InChI=1S/C6H13O7P.C6H11O6P/c1-3-5(7)6(8)4(13-3)2-12-14(9,10)11;1-3-5(7)6-4(11-3)2-10-13(8,9)12-6/h3-8H,2H2,1H3,(H2,9,10,11);3-7H,2H2,1H3,(H,8,9)/p-3/t2*3-,4+,5?,6?/m00/s1. The SMILES string of the molecule is C[C@@H]1O[C@@H]2COP(=O)([O-])OC2C1O.C[C@@H]1O[C@H](COP(=O)([O-])[O-])C(O)C1O. The zero-order valence-corrected chi connectivity index (χ0v) is 16.1. The van der Waals surface area contributed by atoms with Crippen molar-refractivity contribution in [3.8, 4) is 0 Å². The van der Waals surface area contributed by atoms with Gasteiger partial charge in [-0.05, 0) is 13.8 Å². The van der Waals surface area contributed by atoms with E-state index in [0.717, 1.165) is 0 Å². The van der Waals surface area contributed by atoms with Crippen molar-refractivity contribution in [2.75, 3.05) is 13.2 Å². The van der Waals surface area contributed by atoms with Crippen LogP contribution in [-0.2, 0) is 32.2 Å². The van der Waals surface area contributed by atoms with Crippen LogP contribution < -0.4 is 14.7 Å². The van der Waals surface area contributed by atoms with Crippen LogP contribution in [0.25, 0.3) is 0 Å². The molecular formula is C12H21O13P2-3. The van der Waals surface area contributed by atoms with Gasteiger partial charge in [-0.15, -0.1) is 0 Å². The van der Waals surface area contributed by atoms with Crippen LogP contribution in [0.15, 0.2) is 0 Å². The Morgan fingerprint density at radius 1 is 1.11 bits per heavy atom. The van der Waals surface area contributed by atoms with E-state index in [1.165, 1.54) is 6.92 Å². The molecule has 3 fully saturated rings. The smallest absolute Gasteiger partial charge is 0.268 e. The van der Waals surface area contributed by atoms with E-state index in [9.17, 15) is 39.1 Å². The van der Waals surface area contributed by atoms with Crippen molar-refractivity contribution in [2.45, 2.75) is 62.7 Å². The van der Waals surface area contributed by atoms with Crippen LogP contribution >= 0.6 is 15.6 Å². The summed E-state index contributed by atoms with van der Waals surface area (Å²) in [6.07, 6.45) is -6.56. The Kier molecular flexibility index (Phi) is 7.60. The summed E-state index contributed by atoms with van der Waals surface area (Å²) in [4.78, 5) is 31.1. The van der Waals surface area contributed by atoms with Gasteiger partial charge >= 0.3 is 0 Å². The molecule has 0 aromatic carbocycles. The largest absolute Gasteiger partial charge is 0.790 e. The molecule has 0 amide bonds. The fourth-order valence-corrected chi connectivity index (χ4v) is 4.04. The lowest BCUT2D eigenvalue weighted by molar-refractivity contribution is -0.343. The maximum Gasteiger partial charge on any atom is 0.268 e. The first kappa shape index (κ1) is 23.3. The third-order valence-corrected chi connectivity index (χ3v) is 5.65. The average Bonchev–Trinajstić information content (AvgIpc) is 2.96. The predicted octanol–water partition coefficient (Wildman–Crippen LogP) is -3.64. The van der Waals surface area contributed by atoms with Crippen molar-refractivity contribution in [1.29, 1.82) is 0 Å². The molecule has 0 aliphatic carbocycles. The first-order chi connectivity index (χ1) is 12.3. The molecule has 27 heavy (non-hydrogen) atoms. The average molecular weight is 435 g/mol. The molecule has 0 spiro atoms. The predicted molar refractivity (Wildman–Crippen MR) is 78.7 cm³/mol. The Balaban J connectivity index is 0.000000194. The van der Waals surface area contributed by atoms with Crippen LogP contribution in [0.2, 0.25) is 0 Å². The van der Waals surface area contributed by atoms with Crippen molar-refractivity contribution in [1.82, 2.24) is 0 Å². The highest BCUT2D eigenvalue weighted by atomic mass is 31.2.